The average Bonchev–Trinajstić information content (AvgIpc) is 3.30. The lowest BCUT2D eigenvalue weighted by atomic mass is 10.1. The molecule has 0 fully saturated rings. The van der Waals surface area contributed by atoms with Crippen molar-refractivity contribution in [1.29, 1.82) is 0 Å². The number of allylic oxidation sites excluding steroid dienone is 2. The van der Waals surface area contributed by atoms with E-state index in [2.05, 4.69) is 34.4 Å². The molecule has 0 spiro atoms. The predicted octanol–water partition coefficient (Wildman–Crippen LogP) is 6.17. The number of carbonyl (C=O) groups excluding carboxylic acids is 1. The lowest BCUT2D eigenvalue weighted by Crippen LogP contribution is -2.02. The normalized spacial score (nSPS) is 19.5. The molecule has 118 valence electrons. The van der Waals surface area contributed by atoms with Crippen molar-refractivity contribution in [3.8, 4) is 10.4 Å². The summed E-state index contributed by atoms with van der Waals surface area (Å²) in [5, 5.41) is 6.46. The summed E-state index contributed by atoms with van der Waals surface area (Å²) in [6.45, 7) is 3.59. The molecule has 0 N–H and O–H groups in total. The zero-order chi connectivity index (χ0) is 16.2. The second kappa shape index (κ2) is 7.34. The van der Waals surface area contributed by atoms with E-state index < -0.39 is 0 Å². The Kier molecular flexibility index (Phi) is 5.20. The van der Waals surface area contributed by atoms with Crippen LogP contribution in [0, 0.1) is 0 Å². The van der Waals surface area contributed by atoms with E-state index in [1.807, 2.05) is 13.0 Å². The second-order valence-corrected chi connectivity index (χ2v) is 7.90. The van der Waals surface area contributed by atoms with Crippen molar-refractivity contribution in [2.75, 3.05) is 0 Å². The van der Waals surface area contributed by atoms with Crippen LogP contribution in [-0.4, -0.2) is 5.97 Å². The molecule has 3 rings (SSSR count). The molecule has 0 bridgehead atoms. The van der Waals surface area contributed by atoms with Crippen molar-refractivity contribution in [2.24, 2.45) is 0 Å². The number of hydrogen-bond donors (Lipinski definition) is 0. The van der Waals surface area contributed by atoms with Crippen LogP contribution in [0.15, 0.2) is 63.9 Å². The van der Waals surface area contributed by atoms with Gasteiger partial charge in [0.1, 0.15) is 0 Å². The van der Waals surface area contributed by atoms with Crippen molar-refractivity contribution in [2.45, 2.75) is 19.1 Å². The van der Waals surface area contributed by atoms with Crippen LogP contribution in [-0.2, 0) is 9.53 Å². The SMILES string of the molecule is CC=C(C)C(=O)OC=C1C=CSC1c1sccc1-c1cccs1. The third-order valence-corrected chi connectivity index (χ3v) is 6.66. The molecule has 0 aromatic carbocycles. The van der Waals surface area contributed by atoms with Gasteiger partial charge in [0.25, 0.3) is 0 Å². The number of rotatable bonds is 4. The average molecular weight is 361 g/mol. The molecule has 0 aliphatic carbocycles. The fourth-order valence-electron chi connectivity index (χ4n) is 2.17. The molecule has 0 radical (unpaired) electrons. The van der Waals surface area contributed by atoms with Crippen molar-refractivity contribution >= 4 is 40.4 Å². The van der Waals surface area contributed by atoms with Gasteiger partial charge in [-0.1, -0.05) is 12.1 Å². The maximum atomic E-state index is 11.8. The van der Waals surface area contributed by atoms with Gasteiger partial charge in [-0.2, -0.15) is 0 Å². The summed E-state index contributed by atoms with van der Waals surface area (Å²) < 4.78 is 5.31. The second-order valence-electron chi connectivity index (χ2n) is 4.99. The van der Waals surface area contributed by atoms with Gasteiger partial charge < -0.3 is 4.74 Å². The quantitative estimate of drug-likeness (QED) is 0.370. The Morgan fingerprint density at radius 3 is 2.87 bits per heavy atom. The van der Waals surface area contributed by atoms with Gasteiger partial charge in [0.2, 0.25) is 0 Å². The van der Waals surface area contributed by atoms with Crippen LogP contribution in [0.5, 0.6) is 0 Å². The number of hydrogen-bond acceptors (Lipinski definition) is 5. The van der Waals surface area contributed by atoms with Crippen LogP contribution in [0.1, 0.15) is 24.0 Å². The molecule has 1 atom stereocenters. The number of carbonyl (C=O) groups is 1. The Morgan fingerprint density at radius 2 is 2.13 bits per heavy atom. The summed E-state index contributed by atoms with van der Waals surface area (Å²) in [5.74, 6) is -0.297. The molecule has 2 aromatic rings. The van der Waals surface area contributed by atoms with E-state index in [1.54, 1.807) is 53.7 Å². The van der Waals surface area contributed by atoms with Crippen LogP contribution >= 0.6 is 34.4 Å². The first kappa shape index (κ1) is 16.3. The maximum absolute atomic E-state index is 11.8. The van der Waals surface area contributed by atoms with E-state index in [0.29, 0.717) is 5.57 Å². The summed E-state index contributed by atoms with van der Waals surface area (Å²) in [6.07, 6.45) is 5.37. The minimum atomic E-state index is -0.297. The molecule has 2 nitrogen and oxygen atoms in total. The monoisotopic (exact) mass is 360 g/mol. The maximum Gasteiger partial charge on any atom is 0.338 e. The third kappa shape index (κ3) is 3.52. The van der Waals surface area contributed by atoms with Crippen LogP contribution in [0.25, 0.3) is 10.4 Å². The molecular weight excluding hydrogens is 344 g/mol. The number of thiophene rings is 2. The van der Waals surface area contributed by atoms with Gasteiger partial charge in [-0.3, -0.25) is 0 Å². The topological polar surface area (TPSA) is 26.3 Å². The zero-order valence-electron chi connectivity index (χ0n) is 12.8. The van der Waals surface area contributed by atoms with Crippen LogP contribution < -0.4 is 0 Å². The predicted molar refractivity (Wildman–Crippen MR) is 101 cm³/mol. The summed E-state index contributed by atoms with van der Waals surface area (Å²) in [6, 6.07) is 6.38. The first-order chi connectivity index (χ1) is 11.2. The molecule has 3 heterocycles. The van der Waals surface area contributed by atoms with Gasteiger partial charge in [-0.05, 0) is 48.2 Å². The van der Waals surface area contributed by atoms with Crippen molar-refractivity contribution in [1.82, 2.24) is 0 Å². The molecule has 0 saturated heterocycles. The highest BCUT2D eigenvalue weighted by Gasteiger charge is 2.25. The Balaban J connectivity index is 1.84. The highest BCUT2D eigenvalue weighted by atomic mass is 32.2. The molecule has 1 unspecified atom stereocenters. The van der Waals surface area contributed by atoms with E-state index in [-0.39, 0.29) is 11.2 Å². The molecule has 0 saturated carbocycles. The molecule has 5 heteroatoms. The first-order valence-corrected chi connectivity index (χ1v) is 9.88. The summed E-state index contributed by atoms with van der Waals surface area (Å²) in [5.41, 5.74) is 2.91. The number of thioether (sulfide) groups is 1. The highest BCUT2D eigenvalue weighted by molar-refractivity contribution is 8.03. The minimum Gasteiger partial charge on any atom is -0.431 e. The number of ether oxygens (including phenoxy) is 1. The van der Waals surface area contributed by atoms with E-state index in [0.717, 1.165) is 5.57 Å². The van der Waals surface area contributed by atoms with Gasteiger partial charge >= 0.3 is 5.97 Å². The molecule has 2 aromatic heterocycles. The van der Waals surface area contributed by atoms with Gasteiger partial charge in [0, 0.05) is 26.5 Å². The Bertz CT molecular complexity index is 779. The van der Waals surface area contributed by atoms with E-state index in [9.17, 15) is 4.79 Å². The zero-order valence-corrected chi connectivity index (χ0v) is 15.3. The fraction of sp³-hybridized carbons (Fsp3) is 0.167. The summed E-state index contributed by atoms with van der Waals surface area (Å²) in [4.78, 5) is 14.4. The van der Waals surface area contributed by atoms with Crippen molar-refractivity contribution < 1.29 is 9.53 Å². The van der Waals surface area contributed by atoms with Gasteiger partial charge in [-0.25, -0.2) is 4.79 Å². The van der Waals surface area contributed by atoms with Crippen LogP contribution in [0.4, 0.5) is 0 Å². The Labute approximate surface area is 148 Å². The lowest BCUT2D eigenvalue weighted by molar-refractivity contribution is -0.133. The van der Waals surface area contributed by atoms with Crippen LogP contribution in [0.2, 0.25) is 0 Å². The minimum absolute atomic E-state index is 0.186. The van der Waals surface area contributed by atoms with Gasteiger partial charge in [0.15, 0.2) is 0 Å². The van der Waals surface area contributed by atoms with E-state index in [4.69, 9.17) is 4.74 Å². The summed E-state index contributed by atoms with van der Waals surface area (Å²) >= 11 is 5.24. The molecule has 1 aliphatic heterocycles. The Hall–Kier alpha value is -1.56. The molecule has 0 amide bonds. The van der Waals surface area contributed by atoms with Gasteiger partial charge in [-0.15, -0.1) is 34.4 Å². The molecule has 23 heavy (non-hydrogen) atoms. The highest BCUT2D eigenvalue weighted by Crippen LogP contribution is 2.48. The number of esters is 1. The fourth-order valence-corrected chi connectivity index (χ4v) is 5.18. The van der Waals surface area contributed by atoms with Crippen LogP contribution in [0.3, 0.4) is 0 Å². The van der Waals surface area contributed by atoms with Crippen molar-refractivity contribution in [3.05, 3.63) is 68.8 Å². The van der Waals surface area contributed by atoms with E-state index in [1.165, 1.54) is 15.3 Å². The Morgan fingerprint density at radius 1 is 1.26 bits per heavy atom. The third-order valence-electron chi connectivity index (χ3n) is 3.55. The smallest absolute Gasteiger partial charge is 0.338 e. The standard InChI is InChI=1S/C18H16O2S3/c1-3-12(2)18(19)20-11-13-6-9-22-16(13)17-14(7-10-23-17)15-5-4-8-21-15/h3-11,16H,1-2H3. The summed E-state index contributed by atoms with van der Waals surface area (Å²) in [7, 11) is 0. The van der Waals surface area contributed by atoms with E-state index >= 15 is 0 Å². The van der Waals surface area contributed by atoms with Crippen molar-refractivity contribution in [3.63, 3.8) is 0 Å². The largest absolute Gasteiger partial charge is 0.431 e. The lowest BCUT2D eigenvalue weighted by Gasteiger charge is -2.12. The molecule has 1 aliphatic rings. The first-order valence-electron chi connectivity index (χ1n) is 7.18. The van der Waals surface area contributed by atoms with Gasteiger partial charge in [0.05, 0.1) is 11.5 Å². The molecular formula is C18H16O2S3.